The van der Waals surface area contributed by atoms with Gasteiger partial charge in [-0.2, -0.15) is 0 Å². The van der Waals surface area contributed by atoms with E-state index in [2.05, 4.69) is 23.8 Å². The zero-order chi connectivity index (χ0) is 46.5. The summed E-state index contributed by atoms with van der Waals surface area (Å²) in [5.74, 6) is -2.84. The number of carbonyl (C=O) groups is 3. The number of hydrogen-bond donors (Lipinski definition) is 4. The smallest absolute Gasteiger partial charge is 0.341 e. The van der Waals surface area contributed by atoms with Crippen molar-refractivity contribution in [2.24, 2.45) is 0 Å². The van der Waals surface area contributed by atoms with E-state index in [0.29, 0.717) is 16.7 Å². The van der Waals surface area contributed by atoms with Crippen LogP contribution < -0.4 is 9.44 Å². The minimum atomic E-state index is -4.19. The maximum absolute atomic E-state index is 13.1. The zero-order valence-corrected chi connectivity index (χ0v) is 38.0. The molecule has 0 bridgehead atoms. The molecule has 338 valence electrons. The first-order chi connectivity index (χ1) is 29.1. The summed E-state index contributed by atoms with van der Waals surface area (Å²) >= 11 is 6.13. The number of esters is 2. The fourth-order valence-electron chi connectivity index (χ4n) is 6.09. The molecule has 21 heteroatoms. The molecule has 0 aliphatic carbocycles. The lowest BCUT2D eigenvalue weighted by Gasteiger charge is -2.23. The zero-order valence-electron chi connectivity index (χ0n) is 35.6. The Kier molecular flexibility index (Phi) is 18.5. The quantitative estimate of drug-likeness (QED) is 0.0407. The highest BCUT2D eigenvalue weighted by Gasteiger charge is 2.26. The molecule has 0 heterocycles. The van der Waals surface area contributed by atoms with Crippen molar-refractivity contribution < 1.29 is 70.2 Å². The number of aryl methyl sites for hydroxylation is 4. The molecule has 18 nitrogen and oxygen atoms in total. The first-order valence-corrected chi connectivity index (χ1v) is 21.7. The van der Waals surface area contributed by atoms with Gasteiger partial charge < -0.3 is 34.1 Å². The van der Waals surface area contributed by atoms with E-state index in [4.69, 9.17) is 26.0 Å². The van der Waals surface area contributed by atoms with Gasteiger partial charge in [-0.1, -0.05) is 29.3 Å². The summed E-state index contributed by atoms with van der Waals surface area (Å²) < 4.78 is 76.2. The van der Waals surface area contributed by atoms with E-state index in [1.807, 2.05) is 6.92 Å². The highest BCUT2D eigenvalue weighted by molar-refractivity contribution is 7.93. The SMILES string of the molecule is COCCN(CCOC)C(=O)c1cc(NS(=O)(=O)c2c(C)cc(C)cc2C)cc(Cl)c1O.COOCc1cc(C(=O)OC)cc(S(=O)(=O)Nc2cc(C)c(O)c(C(=O)OC)c2)c1. The number of nitrogens with zero attached hydrogens (tertiary/aromatic N) is 1. The van der Waals surface area contributed by atoms with Gasteiger partial charge >= 0.3 is 11.9 Å². The third-order valence-electron chi connectivity index (χ3n) is 8.84. The first kappa shape index (κ1) is 50.9. The average molecular weight is 924 g/mol. The van der Waals surface area contributed by atoms with Gasteiger partial charge in [0.15, 0.2) is 0 Å². The number of sulfonamides is 2. The number of carbonyl (C=O) groups excluding carboxylic acids is 3. The molecule has 0 saturated carbocycles. The molecule has 4 aromatic carbocycles. The van der Waals surface area contributed by atoms with Crippen molar-refractivity contribution in [1.82, 2.24) is 4.90 Å². The Balaban J connectivity index is 0.000000331. The number of amides is 1. The molecule has 0 spiro atoms. The van der Waals surface area contributed by atoms with Gasteiger partial charge in [0.2, 0.25) is 0 Å². The Morgan fingerprint density at radius 2 is 1.21 bits per heavy atom. The number of aromatic hydroxyl groups is 2. The summed E-state index contributed by atoms with van der Waals surface area (Å²) in [6.45, 7) is 7.78. The lowest BCUT2D eigenvalue weighted by molar-refractivity contribution is -0.282. The van der Waals surface area contributed by atoms with Gasteiger partial charge in [0, 0.05) is 27.3 Å². The van der Waals surface area contributed by atoms with Crippen LogP contribution in [0.3, 0.4) is 0 Å². The maximum Gasteiger partial charge on any atom is 0.341 e. The van der Waals surface area contributed by atoms with Gasteiger partial charge in [0.05, 0.1) is 71.9 Å². The number of ether oxygens (including phenoxy) is 4. The molecule has 4 aromatic rings. The third kappa shape index (κ3) is 13.3. The minimum absolute atomic E-state index is 0.00721. The second-order valence-electron chi connectivity index (χ2n) is 13.5. The van der Waals surface area contributed by atoms with Crippen molar-refractivity contribution in [1.29, 1.82) is 0 Å². The highest BCUT2D eigenvalue weighted by atomic mass is 35.5. The number of methoxy groups -OCH3 is 4. The standard InChI is InChI=1S/C22H29ClN2O6S.C19H21NO9S/c1-14-10-15(2)21(16(3)11-14)32(28,29)24-17-12-18(20(26)19(23)13-17)22(27)25(6-8-30-4)7-9-31-5;1-11-5-14(9-16(17(11)21)19(23)27-3)20-30(24,25)15-7-12(10-29-28-4)6-13(8-15)18(22)26-2/h10-13,24,26H,6-9H2,1-5H3;5-9,20-21H,10H2,1-4H3. The molecule has 1 amide bonds. The Morgan fingerprint density at radius 1 is 0.661 bits per heavy atom. The van der Waals surface area contributed by atoms with Crippen LogP contribution in [0.15, 0.2) is 64.4 Å². The lowest BCUT2D eigenvalue weighted by Crippen LogP contribution is -2.36. The van der Waals surface area contributed by atoms with Crippen LogP contribution in [-0.2, 0) is 55.4 Å². The van der Waals surface area contributed by atoms with E-state index in [-0.39, 0.29) is 87.1 Å². The van der Waals surface area contributed by atoms with Crippen molar-refractivity contribution in [3.63, 3.8) is 0 Å². The highest BCUT2D eigenvalue weighted by Crippen LogP contribution is 2.34. The predicted molar refractivity (Wildman–Crippen MR) is 229 cm³/mol. The largest absolute Gasteiger partial charge is 0.507 e. The normalized spacial score (nSPS) is 11.3. The molecule has 4 N–H and O–H groups in total. The van der Waals surface area contributed by atoms with E-state index >= 15 is 0 Å². The number of anilines is 2. The van der Waals surface area contributed by atoms with Crippen molar-refractivity contribution in [3.8, 4) is 11.5 Å². The van der Waals surface area contributed by atoms with Gasteiger partial charge in [0.25, 0.3) is 26.0 Å². The summed E-state index contributed by atoms with van der Waals surface area (Å²) in [6, 6.07) is 12.4. The van der Waals surface area contributed by atoms with Gasteiger partial charge in [-0.3, -0.25) is 14.2 Å². The number of halogens is 1. The van der Waals surface area contributed by atoms with Crippen molar-refractivity contribution in [3.05, 3.63) is 104 Å². The second kappa shape index (κ2) is 22.6. The van der Waals surface area contributed by atoms with E-state index < -0.39 is 43.6 Å². The van der Waals surface area contributed by atoms with Gasteiger partial charge in [0.1, 0.15) is 23.7 Å². The summed E-state index contributed by atoms with van der Waals surface area (Å²) in [4.78, 5) is 47.5. The lowest BCUT2D eigenvalue weighted by atomic mass is 10.1. The predicted octanol–water partition coefficient (Wildman–Crippen LogP) is 5.66. The molecule has 0 aromatic heterocycles. The molecule has 0 radical (unpaired) electrons. The molecule has 0 aliphatic rings. The molecule has 0 fully saturated rings. The number of phenols is 2. The molecule has 62 heavy (non-hydrogen) atoms. The van der Waals surface area contributed by atoms with Crippen molar-refractivity contribution in [2.45, 2.75) is 44.1 Å². The molecular formula is C41H50ClN3O15S2. The fourth-order valence-corrected chi connectivity index (χ4v) is 8.94. The van der Waals surface area contributed by atoms with Crippen LogP contribution in [0, 0.1) is 27.7 Å². The molecular weight excluding hydrogens is 874 g/mol. The van der Waals surface area contributed by atoms with Crippen LogP contribution in [0.2, 0.25) is 5.02 Å². The summed E-state index contributed by atoms with van der Waals surface area (Å²) in [7, 11) is -1.55. The maximum atomic E-state index is 13.1. The summed E-state index contributed by atoms with van der Waals surface area (Å²) in [5.41, 5.74) is 2.50. The van der Waals surface area contributed by atoms with Crippen molar-refractivity contribution in [2.75, 3.05) is 71.3 Å². The van der Waals surface area contributed by atoms with E-state index in [0.717, 1.165) is 24.8 Å². The molecule has 0 atom stereocenters. The van der Waals surface area contributed by atoms with E-state index in [1.54, 1.807) is 26.0 Å². The number of phenolic OH excluding ortho intramolecular Hbond substituents is 2. The minimum Gasteiger partial charge on any atom is -0.507 e. The van der Waals surface area contributed by atoms with Crippen LogP contribution in [0.1, 0.15) is 58.9 Å². The Bertz CT molecular complexity index is 2470. The van der Waals surface area contributed by atoms with Crippen molar-refractivity contribution >= 4 is 60.9 Å². The molecule has 4 rings (SSSR count). The molecule has 0 aliphatic heterocycles. The second-order valence-corrected chi connectivity index (χ2v) is 17.2. The first-order valence-electron chi connectivity index (χ1n) is 18.4. The molecule has 0 unspecified atom stereocenters. The topological polar surface area (TPSA) is 243 Å². The van der Waals surface area contributed by atoms with Crippen LogP contribution in [0.25, 0.3) is 0 Å². The van der Waals surface area contributed by atoms with Gasteiger partial charge in [-0.05, 0) is 92.4 Å². The number of hydrogen-bond acceptors (Lipinski definition) is 15. The Hall–Kier alpha value is -5.48. The Labute approximate surface area is 365 Å². The number of rotatable bonds is 18. The monoisotopic (exact) mass is 923 g/mol. The number of benzene rings is 4. The van der Waals surface area contributed by atoms with Crippen LogP contribution in [-0.4, -0.2) is 112 Å². The van der Waals surface area contributed by atoms with Gasteiger partial charge in [-0.15, -0.1) is 0 Å². The van der Waals surface area contributed by atoms with Crippen LogP contribution in [0.5, 0.6) is 11.5 Å². The van der Waals surface area contributed by atoms with Crippen LogP contribution >= 0.6 is 11.6 Å². The number of nitrogens with one attached hydrogen (secondary N) is 2. The average Bonchev–Trinajstić information content (AvgIpc) is 3.21. The third-order valence-corrected chi connectivity index (χ3v) is 12.2. The summed E-state index contributed by atoms with van der Waals surface area (Å²) in [5, 5.41) is 20.3. The molecule has 0 saturated heterocycles. The van der Waals surface area contributed by atoms with Crippen LogP contribution in [0.4, 0.5) is 11.4 Å². The fraction of sp³-hybridized carbons (Fsp3) is 0.341. The Morgan fingerprint density at radius 3 is 1.76 bits per heavy atom. The van der Waals surface area contributed by atoms with E-state index in [1.165, 1.54) is 70.6 Å². The summed E-state index contributed by atoms with van der Waals surface area (Å²) in [6.07, 6.45) is 0. The van der Waals surface area contributed by atoms with Gasteiger partial charge in [-0.25, -0.2) is 36.2 Å². The van der Waals surface area contributed by atoms with E-state index in [9.17, 15) is 41.4 Å².